The number of rotatable bonds is 3. The van der Waals surface area contributed by atoms with Crippen LogP contribution in [0.15, 0.2) is 30.0 Å². The molecule has 0 radical (unpaired) electrons. The van der Waals surface area contributed by atoms with Gasteiger partial charge < -0.3 is 4.74 Å². The molecular weight excluding hydrogens is 172 g/mol. The molecule has 1 aromatic carbocycles. The van der Waals surface area contributed by atoms with Crippen molar-refractivity contribution in [3.63, 3.8) is 0 Å². The molecule has 0 atom stereocenters. The lowest BCUT2D eigenvalue weighted by atomic mass is 10.0. The molecule has 74 valence electrons. The van der Waals surface area contributed by atoms with E-state index in [2.05, 4.69) is 37.3 Å². The Hall–Kier alpha value is -1.24. The molecule has 1 nitrogen and oxygen atoms in total. The Labute approximate surface area is 85.4 Å². The van der Waals surface area contributed by atoms with Gasteiger partial charge in [0.05, 0.1) is 5.76 Å². The highest BCUT2D eigenvalue weighted by atomic mass is 16.5. The van der Waals surface area contributed by atoms with E-state index in [1.165, 1.54) is 24.0 Å². The number of unbranched alkanes of at least 4 members (excludes halogenated alkanes) is 1. The van der Waals surface area contributed by atoms with Crippen molar-refractivity contribution < 1.29 is 4.74 Å². The van der Waals surface area contributed by atoms with Crippen molar-refractivity contribution in [1.29, 1.82) is 0 Å². The minimum atomic E-state index is 0.742. The fourth-order valence-corrected chi connectivity index (χ4v) is 1.69. The predicted octanol–water partition coefficient (Wildman–Crippen LogP) is 3.75. The highest BCUT2D eigenvalue weighted by molar-refractivity contribution is 5.56. The molecule has 0 saturated heterocycles. The topological polar surface area (TPSA) is 9.23 Å². The second-order valence-electron chi connectivity index (χ2n) is 3.70. The van der Waals surface area contributed by atoms with Gasteiger partial charge in [-0.1, -0.05) is 37.6 Å². The van der Waals surface area contributed by atoms with E-state index < -0.39 is 0 Å². The van der Waals surface area contributed by atoms with E-state index in [0.717, 1.165) is 18.8 Å². The third-order valence-corrected chi connectivity index (χ3v) is 2.56. The Morgan fingerprint density at radius 1 is 1.29 bits per heavy atom. The fourth-order valence-electron chi connectivity index (χ4n) is 1.69. The molecule has 14 heavy (non-hydrogen) atoms. The van der Waals surface area contributed by atoms with Gasteiger partial charge in [-0.15, -0.1) is 0 Å². The Morgan fingerprint density at radius 3 is 3.00 bits per heavy atom. The smallest absolute Gasteiger partial charge is 0.113 e. The van der Waals surface area contributed by atoms with E-state index in [9.17, 15) is 0 Å². The molecule has 1 aromatic rings. The fraction of sp³-hybridized carbons (Fsp3) is 0.385. The zero-order valence-electron chi connectivity index (χ0n) is 8.62. The van der Waals surface area contributed by atoms with Gasteiger partial charge in [-0.05, 0) is 23.6 Å². The standard InChI is InChI=1S/C13H16O/c1-2-3-8-13-9-11-6-4-5-7-12(11)10-14-13/h4-7,9H,2-3,8,10H2,1H3. The summed E-state index contributed by atoms with van der Waals surface area (Å²) in [5.41, 5.74) is 2.62. The van der Waals surface area contributed by atoms with Crippen LogP contribution in [0, 0.1) is 0 Å². The number of allylic oxidation sites excluding steroid dienone is 1. The summed E-state index contributed by atoms with van der Waals surface area (Å²) in [7, 11) is 0. The Bertz CT molecular complexity index is 339. The second-order valence-corrected chi connectivity index (χ2v) is 3.70. The Balaban J connectivity index is 2.14. The van der Waals surface area contributed by atoms with E-state index in [-0.39, 0.29) is 0 Å². The first kappa shape index (κ1) is 9.32. The first-order valence-corrected chi connectivity index (χ1v) is 5.31. The minimum Gasteiger partial charge on any atom is -0.493 e. The van der Waals surface area contributed by atoms with Crippen LogP contribution in [0.3, 0.4) is 0 Å². The van der Waals surface area contributed by atoms with E-state index in [4.69, 9.17) is 4.74 Å². The summed E-state index contributed by atoms with van der Waals surface area (Å²) >= 11 is 0. The number of benzene rings is 1. The van der Waals surface area contributed by atoms with Gasteiger partial charge in [0.15, 0.2) is 0 Å². The minimum absolute atomic E-state index is 0.742. The van der Waals surface area contributed by atoms with Crippen LogP contribution in [-0.4, -0.2) is 0 Å². The third kappa shape index (κ3) is 1.98. The maximum Gasteiger partial charge on any atom is 0.113 e. The third-order valence-electron chi connectivity index (χ3n) is 2.56. The van der Waals surface area contributed by atoms with Crippen LogP contribution < -0.4 is 0 Å². The predicted molar refractivity (Wildman–Crippen MR) is 58.7 cm³/mol. The molecule has 0 spiro atoms. The summed E-state index contributed by atoms with van der Waals surface area (Å²) in [6, 6.07) is 8.43. The first-order valence-electron chi connectivity index (χ1n) is 5.31. The highest BCUT2D eigenvalue weighted by Crippen LogP contribution is 2.24. The van der Waals surface area contributed by atoms with Gasteiger partial charge >= 0.3 is 0 Å². The summed E-state index contributed by atoms with van der Waals surface area (Å²) in [6.45, 7) is 2.95. The van der Waals surface area contributed by atoms with Gasteiger partial charge in [-0.25, -0.2) is 0 Å². The lowest BCUT2D eigenvalue weighted by molar-refractivity contribution is 0.186. The van der Waals surface area contributed by atoms with Crippen molar-refractivity contribution in [1.82, 2.24) is 0 Å². The zero-order chi connectivity index (χ0) is 9.80. The summed E-state index contributed by atoms with van der Waals surface area (Å²) < 4.78 is 5.67. The van der Waals surface area contributed by atoms with Crippen LogP contribution in [0.1, 0.15) is 37.3 Å². The number of hydrogen-bond acceptors (Lipinski definition) is 1. The molecule has 0 amide bonds. The van der Waals surface area contributed by atoms with Crippen LogP contribution in [0.2, 0.25) is 0 Å². The van der Waals surface area contributed by atoms with Gasteiger partial charge in [0, 0.05) is 6.42 Å². The molecule has 1 heteroatoms. The number of ether oxygens (including phenoxy) is 1. The summed E-state index contributed by atoms with van der Waals surface area (Å²) in [4.78, 5) is 0. The lowest BCUT2D eigenvalue weighted by Gasteiger charge is -2.17. The monoisotopic (exact) mass is 188 g/mol. The maximum absolute atomic E-state index is 5.67. The molecule has 0 fully saturated rings. The largest absolute Gasteiger partial charge is 0.493 e. The van der Waals surface area contributed by atoms with Crippen molar-refractivity contribution >= 4 is 6.08 Å². The summed E-state index contributed by atoms with van der Waals surface area (Å²) in [6.07, 6.45) is 5.69. The highest BCUT2D eigenvalue weighted by Gasteiger charge is 2.09. The Kier molecular flexibility index (Phi) is 2.87. The van der Waals surface area contributed by atoms with Crippen molar-refractivity contribution in [3.05, 3.63) is 41.2 Å². The summed E-state index contributed by atoms with van der Waals surface area (Å²) in [5.74, 6) is 1.14. The van der Waals surface area contributed by atoms with E-state index in [0.29, 0.717) is 0 Å². The molecule has 0 aliphatic carbocycles. The second kappa shape index (κ2) is 4.32. The Morgan fingerprint density at radius 2 is 2.14 bits per heavy atom. The molecule has 2 rings (SSSR count). The average molecular weight is 188 g/mol. The van der Waals surface area contributed by atoms with Crippen molar-refractivity contribution in [2.24, 2.45) is 0 Å². The van der Waals surface area contributed by atoms with E-state index >= 15 is 0 Å². The van der Waals surface area contributed by atoms with Crippen molar-refractivity contribution in [3.8, 4) is 0 Å². The van der Waals surface area contributed by atoms with Gasteiger partial charge in [0.1, 0.15) is 6.61 Å². The van der Waals surface area contributed by atoms with Crippen LogP contribution in [-0.2, 0) is 11.3 Å². The molecule has 0 unspecified atom stereocenters. The van der Waals surface area contributed by atoms with E-state index in [1.807, 2.05) is 0 Å². The van der Waals surface area contributed by atoms with Crippen molar-refractivity contribution in [2.75, 3.05) is 0 Å². The molecule has 1 aliphatic heterocycles. The molecule has 1 heterocycles. The molecule has 0 N–H and O–H groups in total. The molecule has 0 saturated carbocycles. The number of fused-ring (bicyclic) bond motifs is 1. The SMILES string of the molecule is CCCCC1=Cc2ccccc2CO1. The molecule has 0 aromatic heterocycles. The van der Waals surface area contributed by atoms with Crippen molar-refractivity contribution in [2.45, 2.75) is 32.8 Å². The zero-order valence-corrected chi connectivity index (χ0v) is 8.62. The lowest BCUT2D eigenvalue weighted by Crippen LogP contribution is -2.02. The van der Waals surface area contributed by atoms with Gasteiger partial charge in [-0.2, -0.15) is 0 Å². The normalized spacial score (nSPS) is 14.2. The molecule has 0 bridgehead atoms. The van der Waals surface area contributed by atoms with Crippen LogP contribution in [0.25, 0.3) is 6.08 Å². The van der Waals surface area contributed by atoms with Crippen LogP contribution in [0.4, 0.5) is 0 Å². The van der Waals surface area contributed by atoms with Crippen LogP contribution >= 0.6 is 0 Å². The number of hydrogen-bond donors (Lipinski definition) is 0. The van der Waals surface area contributed by atoms with Gasteiger partial charge in [0.2, 0.25) is 0 Å². The first-order chi connectivity index (χ1) is 6.90. The van der Waals surface area contributed by atoms with Gasteiger partial charge in [-0.3, -0.25) is 0 Å². The molecule has 1 aliphatic rings. The average Bonchev–Trinajstić information content (AvgIpc) is 2.26. The van der Waals surface area contributed by atoms with Gasteiger partial charge in [0.25, 0.3) is 0 Å². The summed E-state index contributed by atoms with van der Waals surface area (Å²) in [5, 5.41) is 0. The quantitative estimate of drug-likeness (QED) is 0.702. The van der Waals surface area contributed by atoms with E-state index in [1.54, 1.807) is 0 Å². The maximum atomic E-state index is 5.67. The van der Waals surface area contributed by atoms with Crippen LogP contribution in [0.5, 0.6) is 0 Å². The molecular formula is C13H16O.